The molecule has 4 rings (SSSR count). The number of hydrogen-bond donors (Lipinski definition) is 2. The van der Waals surface area contributed by atoms with E-state index in [0.717, 1.165) is 36.0 Å². The molecule has 4 saturated carbocycles. The average Bonchev–Trinajstić information content (AvgIpc) is 3.07. The molecule has 0 aromatic carbocycles. The Morgan fingerprint density at radius 3 is 2.59 bits per heavy atom. The van der Waals surface area contributed by atoms with E-state index in [1.807, 2.05) is 0 Å². The van der Waals surface area contributed by atoms with E-state index in [1.54, 1.807) is 0 Å². The van der Waals surface area contributed by atoms with Gasteiger partial charge in [-0.2, -0.15) is 0 Å². The lowest BCUT2D eigenvalue weighted by atomic mass is 9.44. The summed E-state index contributed by atoms with van der Waals surface area (Å²) in [4.78, 5) is 12.1. The van der Waals surface area contributed by atoms with Gasteiger partial charge in [0.2, 0.25) is 5.91 Å². The Bertz CT molecular complexity index is 591. The van der Waals surface area contributed by atoms with Crippen molar-refractivity contribution < 1.29 is 4.79 Å². The van der Waals surface area contributed by atoms with Crippen molar-refractivity contribution in [3.05, 3.63) is 0 Å². The van der Waals surface area contributed by atoms with Gasteiger partial charge in [0, 0.05) is 19.5 Å². The third-order valence-corrected chi connectivity index (χ3v) is 10.6. The summed E-state index contributed by atoms with van der Waals surface area (Å²) in [7, 11) is 0. The van der Waals surface area contributed by atoms with Gasteiger partial charge in [-0.15, -0.1) is 0 Å². The highest BCUT2D eigenvalue weighted by Gasteiger charge is 2.60. The summed E-state index contributed by atoms with van der Waals surface area (Å²) in [6.07, 6.45) is 16.5. The number of carbonyl (C=O) groups is 1. The van der Waals surface area contributed by atoms with Crippen LogP contribution in [-0.2, 0) is 4.79 Å². The van der Waals surface area contributed by atoms with Gasteiger partial charge in [-0.25, -0.2) is 0 Å². The molecule has 8 atom stereocenters. The zero-order valence-corrected chi connectivity index (χ0v) is 19.3. The number of carbonyl (C=O) groups excluding carboxylic acids is 1. The van der Waals surface area contributed by atoms with Crippen LogP contribution in [0.25, 0.3) is 0 Å². The number of amides is 1. The minimum Gasteiger partial charge on any atom is -0.355 e. The SMILES string of the molecule is CC(CCC(=O)NCCN)C1CCC2C3CCC4CCCCC4(C)C3CCC12C. The molecule has 0 aliphatic heterocycles. The molecule has 0 aromatic rings. The summed E-state index contributed by atoms with van der Waals surface area (Å²) in [5.41, 5.74) is 6.68. The molecule has 3 heteroatoms. The van der Waals surface area contributed by atoms with Gasteiger partial charge >= 0.3 is 0 Å². The fourth-order valence-corrected chi connectivity index (χ4v) is 9.13. The predicted molar refractivity (Wildman–Crippen MR) is 120 cm³/mol. The minimum absolute atomic E-state index is 0.189. The molecule has 4 aliphatic rings. The maximum absolute atomic E-state index is 12.1. The first-order chi connectivity index (χ1) is 13.9. The van der Waals surface area contributed by atoms with Crippen LogP contribution >= 0.6 is 0 Å². The highest BCUT2D eigenvalue weighted by molar-refractivity contribution is 5.75. The van der Waals surface area contributed by atoms with Crippen LogP contribution in [0.5, 0.6) is 0 Å². The first-order valence-electron chi connectivity index (χ1n) is 12.9. The topological polar surface area (TPSA) is 55.1 Å². The van der Waals surface area contributed by atoms with E-state index in [1.165, 1.54) is 64.2 Å². The van der Waals surface area contributed by atoms with Crippen LogP contribution in [0.3, 0.4) is 0 Å². The van der Waals surface area contributed by atoms with Crippen LogP contribution in [0.2, 0.25) is 0 Å². The van der Waals surface area contributed by atoms with E-state index < -0.39 is 0 Å². The predicted octanol–water partition coefficient (Wildman–Crippen LogP) is 5.53. The van der Waals surface area contributed by atoms with E-state index in [9.17, 15) is 4.79 Å². The van der Waals surface area contributed by atoms with Crippen LogP contribution < -0.4 is 11.1 Å². The summed E-state index contributed by atoms with van der Waals surface area (Å²) >= 11 is 0. The molecule has 0 saturated heterocycles. The van der Waals surface area contributed by atoms with E-state index >= 15 is 0 Å². The van der Waals surface area contributed by atoms with Gasteiger partial charge in [0.15, 0.2) is 0 Å². The summed E-state index contributed by atoms with van der Waals surface area (Å²) in [6.45, 7) is 8.91. The van der Waals surface area contributed by atoms with Gasteiger partial charge in [0.25, 0.3) is 0 Å². The third kappa shape index (κ3) is 3.79. The molecule has 0 aromatic heterocycles. The zero-order valence-electron chi connectivity index (χ0n) is 19.3. The zero-order chi connectivity index (χ0) is 20.6. The van der Waals surface area contributed by atoms with Gasteiger partial charge < -0.3 is 11.1 Å². The summed E-state index contributed by atoms with van der Waals surface area (Å²) in [6, 6.07) is 0. The molecule has 0 bridgehead atoms. The molecule has 0 radical (unpaired) electrons. The maximum Gasteiger partial charge on any atom is 0.220 e. The van der Waals surface area contributed by atoms with Gasteiger partial charge in [0.1, 0.15) is 0 Å². The third-order valence-electron chi connectivity index (χ3n) is 10.6. The Morgan fingerprint density at radius 2 is 1.79 bits per heavy atom. The minimum atomic E-state index is 0.189. The Morgan fingerprint density at radius 1 is 1.00 bits per heavy atom. The van der Waals surface area contributed by atoms with Crippen molar-refractivity contribution in [3.8, 4) is 0 Å². The smallest absolute Gasteiger partial charge is 0.220 e. The van der Waals surface area contributed by atoms with Crippen molar-refractivity contribution in [2.75, 3.05) is 13.1 Å². The Hall–Kier alpha value is -0.570. The van der Waals surface area contributed by atoms with Crippen molar-refractivity contribution in [2.45, 2.75) is 97.8 Å². The Balaban J connectivity index is 1.42. The van der Waals surface area contributed by atoms with Crippen molar-refractivity contribution in [1.82, 2.24) is 5.32 Å². The Kier molecular flexibility index (Phi) is 6.36. The molecule has 166 valence electrons. The molecule has 29 heavy (non-hydrogen) atoms. The Labute approximate surface area is 179 Å². The monoisotopic (exact) mass is 402 g/mol. The van der Waals surface area contributed by atoms with Crippen LogP contribution in [0.1, 0.15) is 97.8 Å². The second-order valence-electron chi connectivity index (χ2n) is 11.8. The second kappa shape index (κ2) is 8.52. The normalized spacial score (nSPS) is 45.0. The van der Waals surface area contributed by atoms with Crippen LogP contribution in [0.15, 0.2) is 0 Å². The highest BCUT2D eigenvalue weighted by Crippen LogP contribution is 2.68. The van der Waals surface area contributed by atoms with Crippen molar-refractivity contribution in [1.29, 1.82) is 0 Å². The van der Waals surface area contributed by atoms with Crippen molar-refractivity contribution in [2.24, 2.45) is 52.1 Å². The molecule has 4 aliphatic carbocycles. The first-order valence-corrected chi connectivity index (χ1v) is 12.9. The molecule has 0 spiro atoms. The standard InChI is InChI=1S/C26H46N2O/c1-18(7-12-24(29)28-17-16-27)21-10-11-22-20-9-8-19-6-4-5-14-25(19,2)23(20)13-15-26(21,22)3/h18-23H,4-17,27H2,1-3H3,(H,28,29). The number of nitrogens with one attached hydrogen (secondary N) is 1. The number of fused-ring (bicyclic) bond motifs is 5. The maximum atomic E-state index is 12.1. The molecular weight excluding hydrogens is 356 g/mol. The molecule has 3 nitrogen and oxygen atoms in total. The largest absolute Gasteiger partial charge is 0.355 e. The average molecular weight is 403 g/mol. The lowest BCUT2D eigenvalue weighted by Gasteiger charge is -2.61. The number of rotatable bonds is 6. The number of hydrogen-bond acceptors (Lipinski definition) is 2. The molecule has 4 fully saturated rings. The van der Waals surface area contributed by atoms with Gasteiger partial charge in [-0.05, 0) is 104 Å². The quantitative estimate of drug-likeness (QED) is 0.614. The van der Waals surface area contributed by atoms with Crippen molar-refractivity contribution in [3.63, 3.8) is 0 Å². The van der Waals surface area contributed by atoms with Gasteiger partial charge in [0.05, 0.1) is 0 Å². The van der Waals surface area contributed by atoms with E-state index in [2.05, 4.69) is 26.1 Å². The summed E-state index contributed by atoms with van der Waals surface area (Å²) < 4.78 is 0. The molecule has 8 unspecified atom stereocenters. The van der Waals surface area contributed by atoms with E-state index in [-0.39, 0.29) is 5.91 Å². The van der Waals surface area contributed by atoms with Crippen LogP contribution in [0, 0.1) is 46.3 Å². The highest BCUT2D eigenvalue weighted by atomic mass is 16.1. The lowest BCUT2D eigenvalue weighted by Crippen LogP contribution is -2.53. The summed E-state index contributed by atoms with van der Waals surface area (Å²) in [5, 5.41) is 2.95. The summed E-state index contributed by atoms with van der Waals surface area (Å²) in [5.74, 6) is 5.60. The molecule has 0 heterocycles. The second-order valence-corrected chi connectivity index (χ2v) is 11.8. The lowest BCUT2D eigenvalue weighted by molar-refractivity contribution is -0.122. The van der Waals surface area contributed by atoms with E-state index in [0.29, 0.717) is 36.3 Å². The molecule has 3 N–H and O–H groups in total. The molecule has 1 amide bonds. The van der Waals surface area contributed by atoms with E-state index in [4.69, 9.17) is 5.73 Å². The van der Waals surface area contributed by atoms with Gasteiger partial charge in [-0.3, -0.25) is 4.79 Å². The first kappa shape index (κ1) is 21.7. The fourth-order valence-electron chi connectivity index (χ4n) is 9.13. The fraction of sp³-hybridized carbons (Fsp3) is 0.962. The van der Waals surface area contributed by atoms with Crippen LogP contribution in [0.4, 0.5) is 0 Å². The van der Waals surface area contributed by atoms with Crippen LogP contribution in [-0.4, -0.2) is 19.0 Å². The van der Waals surface area contributed by atoms with Gasteiger partial charge in [-0.1, -0.05) is 33.6 Å². The van der Waals surface area contributed by atoms with Crippen molar-refractivity contribution >= 4 is 5.91 Å². The number of nitrogens with two attached hydrogens (primary N) is 1. The molecular formula is C26H46N2O.